The molecule has 0 aromatic carbocycles. The van der Waals surface area contributed by atoms with E-state index in [1.807, 2.05) is 0 Å². The Morgan fingerprint density at radius 1 is 1.69 bits per heavy atom. The zero-order valence-electron chi connectivity index (χ0n) is 9.51. The fraction of sp³-hybridized carbons (Fsp3) is 0.600. The fourth-order valence-electron chi connectivity index (χ4n) is 1.06. The van der Waals surface area contributed by atoms with Crippen molar-refractivity contribution in [2.24, 2.45) is 0 Å². The van der Waals surface area contributed by atoms with E-state index >= 15 is 0 Å². The van der Waals surface area contributed by atoms with Gasteiger partial charge in [-0.25, -0.2) is 0 Å². The summed E-state index contributed by atoms with van der Waals surface area (Å²) in [6, 6.07) is 1.60. The fourth-order valence-corrected chi connectivity index (χ4v) is 1.06. The second kappa shape index (κ2) is 4.98. The molecule has 6 nitrogen and oxygen atoms in total. The SMILES string of the molecule is CC(C)(O)CCOC(=O)Cn1ccc(N)n1. The number of carbonyl (C=O) groups is 1. The van der Waals surface area contributed by atoms with Crippen molar-refractivity contribution in [3.63, 3.8) is 0 Å². The predicted molar refractivity (Wildman–Crippen MR) is 58.5 cm³/mol. The topological polar surface area (TPSA) is 90.4 Å². The van der Waals surface area contributed by atoms with Crippen molar-refractivity contribution in [3.05, 3.63) is 12.3 Å². The minimum atomic E-state index is -0.823. The van der Waals surface area contributed by atoms with Crippen LogP contribution in [-0.4, -0.2) is 33.1 Å². The largest absolute Gasteiger partial charge is 0.464 e. The Hall–Kier alpha value is -1.56. The van der Waals surface area contributed by atoms with Crippen molar-refractivity contribution in [2.45, 2.75) is 32.4 Å². The number of nitrogens with zero attached hydrogens (tertiary/aromatic N) is 2. The second-order valence-corrected chi connectivity index (χ2v) is 4.22. The quantitative estimate of drug-likeness (QED) is 0.700. The van der Waals surface area contributed by atoms with Gasteiger partial charge in [0.2, 0.25) is 0 Å². The van der Waals surface area contributed by atoms with Crippen molar-refractivity contribution >= 4 is 11.8 Å². The van der Waals surface area contributed by atoms with E-state index in [-0.39, 0.29) is 13.2 Å². The summed E-state index contributed by atoms with van der Waals surface area (Å²) in [4.78, 5) is 11.3. The molecule has 1 heterocycles. The van der Waals surface area contributed by atoms with E-state index < -0.39 is 11.6 Å². The lowest BCUT2D eigenvalue weighted by molar-refractivity contribution is -0.145. The van der Waals surface area contributed by atoms with Gasteiger partial charge in [-0.15, -0.1) is 0 Å². The summed E-state index contributed by atoms with van der Waals surface area (Å²) in [6.45, 7) is 3.55. The minimum Gasteiger partial charge on any atom is -0.464 e. The molecule has 1 aromatic heterocycles. The van der Waals surface area contributed by atoms with Crippen LogP contribution < -0.4 is 5.73 Å². The van der Waals surface area contributed by atoms with Crippen LogP contribution in [0.25, 0.3) is 0 Å². The number of ether oxygens (including phenoxy) is 1. The van der Waals surface area contributed by atoms with E-state index in [2.05, 4.69) is 5.10 Å². The Morgan fingerprint density at radius 2 is 2.38 bits per heavy atom. The average Bonchev–Trinajstić information content (AvgIpc) is 2.48. The van der Waals surface area contributed by atoms with Crippen molar-refractivity contribution in [1.29, 1.82) is 0 Å². The third-order valence-corrected chi connectivity index (χ3v) is 1.93. The van der Waals surface area contributed by atoms with Gasteiger partial charge in [-0.2, -0.15) is 5.10 Å². The molecule has 0 unspecified atom stereocenters. The molecule has 1 rings (SSSR count). The number of rotatable bonds is 5. The number of esters is 1. The molecule has 0 fully saturated rings. The van der Waals surface area contributed by atoms with Gasteiger partial charge in [-0.05, 0) is 19.9 Å². The molecule has 0 spiro atoms. The van der Waals surface area contributed by atoms with Crippen LogP contribution in [0.2, 0.25) is 0 Å². The zero-order valence-corrected chi connectivity index (χ0v) is 9.51. The number of aliphatic hydroxyl groups is 1. The molecular weight excluding hydrogens is 210 g/mol. The van der Waals surface area contributed by atoms with E-state index in [0.29, 0.717) is 12.2 Å². The van der Waals surface area contributed by atoms with E-state index in [4.69, 9.17) is 10.5 Å². The van der Waals surface area contributed by atoms with E-state index in [0.717, 1.165) is 0 Å². The highest BCUT2D eigenvalue weighted by Crippen LogP contribution is 2.06. The van der Waals surface area contributed by atoms with Crippen molar-refractivity contribution < 1.29 is 14.6 Å². The van der Waals surface area contributed by atoms with Crippen LogP contribution in [0.5, 0.6) is 0 Å². The molecule has 3 N–H and O–H groups in total. The Kier molecular flexibility index (Phi) is 3.89. The molecule has 0 saturated heterocycles. The maximum absolute atomic E-state index is 11.3. The van der Waals surface area contributed by atoms with Crippen molar-refractivity contribution in [3.8, 4) is 0 Å². The van der Waals surface area contributed by atoms with Gasteiger partial charge in [-0.1, -0.05) is 0 Å². The summed E-state index contributed by atoms with van der Waals surface area (Å²) in [5, 5.41) is 13.2. The zero-order chi connectivity index (χ0) is 12.2. The number of carbonyl (C=O) groups excluding carboxylic acids is 1. The van der Waals surface area contributed by atoms with Gasteiger partial charge < -0.3 is 15.6 Å². The van der Waals surface area contributed by atoms with Crippen LogP contribution in [0.4, 0.5) is 5.82 Å². The Balaban J connectivity index is 2.26. The third kappa shape index (κ3) is 4.79. The summed E-state index contributed by atoms with van der Waals surface area (Å²) in [7, 11) is 0. The molecule has 16 heavy (non-hydrogen) atoms. The first-order valence-electron chi connectivity index (χ1n) is 5.04. The van der Waals surface area contributed by atoms with Crippen LogP contribution in [0.15, 0.2) is 12.3 Å². The van der Waals surface area contributed by atoms with Crippen LogP contribution >= 0.6 is 0 Å². The van der Waals surface area contributed by atoms with E-state index in [1.165, 1.54) is 4.68 Å². The molecule has 0 radical (unpaired) electrons. The van der Waals surface area contributed by atoms with Gasteiger partial charge in [0.15, 0.2) is 0 Å². The number of nitrogens with two attached hydrogens (primary N) is 1. The number of anilines is 1. The molecule has 90 valence electrons. The van der Waals surface area contributed by atoms with Crippen LogP contribution in [0, 0.1) is 0 Å². The summed E-state index contributed by atoms with van der Waals surface area (Å²) < 4.78 is 6.34. The summed E-state index contributed by atoms with van der Waals surface area (Å²) in [6.07, 6.45) is 2.01. The molecule has 0 amide bonds. The summed E-state index contributed by atoms with van der Waals surface area (Å²) in [5.41, 5.74) is 4.57. The van der Waals surface area contributed by atoms with Gasteiger partial charge in [-0.3, -0.25) is 9.48 Å². The van der Waals surface area contributed by atoms with Crippen molar-refractivity contribution in [2.75, 3.05) is 12.3 Å². The molecule has 0 bridgehead atoms. The van der Waals surface area contributed by atoms with Crippen molar-refractivity contribution in [1.82, 2.24) is 9.78 Å². The third-order valence-electron chi connectivity index (χ3n) is 1.93. The van der Waals surface area contributed by atoms with Gasteiger partial charge in [0, 0.05) is 12.6 Å². The van der Waals surface area contributed by atoms with Crippen LogP contribution in [0.3, 0.4) is 0 Å². The standard InChI is InChI=1S/C10H17N3O3/c1-10(2,15)4-6-16-9(14)7-13-5-3-8(11)12-13/h3,5,15H,4,6-7H2,1-2H3,(H2,11,12). The highest BCUT2D eigenvalue weighted by atomic mass is 16.5. The molecule has 0 aliphatic rings. The molecule has 1 aromatic rings. The normalized spacial score (nSPS) is 11.4. The van der Waals surface area contributed by atoms with Crippen LogP contribution in [0.1, 0.15) is 20.3 Å². The van der Waals surface area contributed by atoms with Gasteiger partial charge in [0.05, 0.1) is 12.2 Å². The number of hydrogen-bond donors (Lipinski definition) is 2. The first-order valence-corrected chi connectivity index (χ1v) is 5.04. The molecule has 0 aliphatic heterocycles. The maximum Gasteiger partial charge on any atom is 0.327 e. The van der Waals surface area contributed by atoms with Gasteiger partial charge in [0.1, 0.15) is 12.4 Å². The van der Waals surface area contributed by atoms with E-state index in [1.54, 1.807) is 26.1 Å². The van der Waals surface area contributed by atoms with E-state index in [9.17, 15) is 9.90 Å². The number of aromatic nitrogens is 2. The lowest BCUT2D eigenvalue weighted by atomic mass is 10.1. The molecule has 0 saturated carbocycles. The molecule has 0 aliphatic carbocycles. The first kappa shape index (κ1) is 12.5. The minimum absolute atomic E-state index is 0.0308. The maximum atomic E-state index is 11.3. The highest BCUT2D eigenvalue weighted by molar-refractivity contribution is 5.69. The lowest BCUT2D eigenvalue weighted by Gasteiger charge is -2.16. The monoisotopic (exact) mass is 227 g/mol. The predicted octanol–water partition coefficient (Wildman–Crippen LogP) is 0.170. The molecule has 0 atom stereocenters. The number of hydrogen-bond acceptors (Lipinski definition) is 5. The Bertz CT molecular complexity index is 354. The molecule has 6 heteroatoms. The highest BCUT2D eigenvalue weighted by Gasteiger charge is 2.13. The average molecular weight is 227 g/mol. The van der Waals surface area contributed by atoms with Gasteiger partial charge >= 0.3 is 5.97 Å². The summed E-state index contributed by atoms with van der Waals surface area (Å²) >= 11 is 0. The lowest BCUT2D eigenvalue weighted by Crippen LogP contribution is -2.23. The van der Waals surface area contributed by atoms with Crippen LogP contribution in [-0.2, 0) is 16.1 Å². The first-order chi connectivity index (χ1) is 7.37. The Labute approximate surface area is 94.0 Å². The molecular formula is C10H17N3O3. The smallest absolute Gasteiger partial charge is 0.327 e. The summed E-state index contributed by atoms with van der Waals surface area (Å²) in [5.74, 6) is -0.0309. The second-order valence-electron chi connectivity index (χ2n) is 4.22. The Morgan fingerprint density at radius 3 is 2.88 bits per heavy atom. The number of nitrogen functional groups attached to an aromatic ring is 1. The van der Waals surface area contributed by atoms with Gasteiger partial charge in [0.25, 0.3) is 0 Å².